The zero-order valence-corrected chi connectivity index (χ0v) is 15.8. The van der Waals surface area contributed by atoms with Gasteiger partial charge in [0.25, 0.3) is 0 Å². The van der Waals surface area contributed by atoms with Gasteiger partial charge in [-0.05, 0) is 36.3 Å². The first-order chi connectivity index (χ1) is 13.2. The standard InChI is InChI=1S/C21H22N4O2/c1-25(2)17-8-4-7-16(15-17)10-11-19-21(27-14-6-13-26-3)24-18-9-5-12-22-20(18)23-19/h4-5,7-9,12,15H,6,13-14H2,1-3H3. The summed E-state index contributed by atoms with van der Waals surface area (Å²) in [6, 6.07) is 11.7. The second-order valence-corrected chi connectivity index (χ2v) is 6.11. The predicted molar refractivity (Wildman–Crippen MR) is 106 cm³/mol. The molecule has 0 spiro atoms. The third-order valence-corrected chi connectivity index (χ3v) is 3.83. The van der Waals surface area contributed by atoms with Gasteiger partial charge in [-0.15, -0.1) is 0 Å². The molecule has 2 heterocycles. The SMILES string of the molecule is COCCCOc1nc2cccnc2nc1C#Cc1cccc(N(C)C)c1. The number of anilines is 1. The topological polar surface area (TPSA) is 60.4 Å². The molecule has 27 heavy (non-hydrogen) atoms. The summed E-state index contributed by atoms with van der Waals surface area (Å²) in [5.41, 5.74) is 3.69. The number of rotatable bonds is 6. The van der Waals surface area contributed by atoms with Crippen LogP contribution < -0.4 is 9.64 Å². The molecule has 0 fully saturated rings. The highest BCUT2D eigenvalue weighted by atomic mass is 16.5. The number of hydrogen-bond acceptors (Lipinski definition) is 6. The first-order valence-electron chi connectivity index (χ1n) is 8.71. The van der Waals surface area contributed by atoms with E-state index in [4.69, 9.17) is 9.47 Å². The van der Waals surface area contributed by atoms with Crippen molar-refractivity contribution in [2.45, 2.75) is 6.42 Å². The minimum Gasteiger partial charge on any atom is -0.476 e. The monoisotopic (exact) mass is 362 g/mol. The number of ether oxygens (including phenoxy) is 2. The van der Waals surface area contributed by atoms with E-state index >= 15 is 0 Å². The molecule has 0 atom stereocenters. The zero-order chi connectivity index (χ0) is 19.1. The molecule has 0 amide bonds. The smallest absolute Gasteiger partial charge is 0.249 e. The first kappa shape index (κ1) is 18.6. The van der Waals surface area contributed by atoms with Crippen LogP contribution >= 0.6 is 0 Å². The maximum Gasteiger partial charge on any atom is 0.249 e. The van der Waals surface area contributed by atoms with Crippen molar-refractivity contribution in [2.75, 3.05) is 39.3 Å². The molecule has 0 N–H and O–H groups in total. The molecular formula is C21H22N4O2. The Morgan fingerprint density at radius 3 is 2.74 bits per heavy atom. The Labute approximate surface area is 159 Å². The summed E-state index contributed by atoms with van der Waals surface area (Å²) in [6.45, 7) is 1.11. The van der Waals surface area contributed by atoms with Crippen LogP contribution in [0.15, 0.2) is 42.6 Å². The van der Waals surface area contributed by atoms with E-state index in [2.05, 4.69) is 26.8 Å². The number of hydrogen-bond donors (Lipinski definition) is 0. The lowest BCUT2D eigenvalue weighted by atomic mass is 10.2. The molecular weight excluding hydrogens is 340 g/mol. The molecule has 6 nitrogen and oxygen atoms in total. The molecule has 2 aromatic heterocycles. The van der Waals surface area contributed by atoms with Crippen molar-refractivity contribution in [3.8, 4) is 17.7 Å². The van der Waals surface area contributed by atoms with Gasteiger partial charge in [-0.2, -0.15) is 0 Å². The summed E-state index contributed by atoms with van der Waals surface area (Å²) >= 11 is 0. The van der Waals surface area contributed by atoms with E-state index in [1.807, 2.05) is 55.4 Å². The average molecular weight is 362 g/mol. The van der Waals surface area contributed by atoms with Crippen LogP contribution in [0.3, 0.4) is 0 Å². The normalized spacial score (nSPS) is 10.3. The Hall–Kier alpha value is -3.17. The van der Waals surface area contributed by atoms with E-state index in [1.54, 1.807) is 13.3 Å². The quantitative estimate of drug-likeness (QED) is 0.496. The van der Waals surface area contributed by atoms with Crippen molar-refractivity contribution >= 4 is 16.9 Å². The first-order valence-corrected chi connectivity index (χ1v) is 8.71. The second-order valence-electron chi connectivity index (χ2n) is 6.11. The highest BCUT2D eigenvalue weighted by Crippen LogP contribution is 2.18. The molecule has 0 saturated heterocycles. The third kappa shape index (κ3) is 4.93. The van der Waals surface area contributed by atoms with Crippen LogP contribution in [0.25, 0.3) is 11.2 Å². The Balaban J connectivity index is 1.93. The van der Waals surface area contributed by atoms with Crippen LogP contribution in [0.4, 0.5) is 5.69 Å². The van der Waals surface area contributed by atoms with E-state index < -0.39 is 0 Å². The fraction of sp³-hybridized carbons (Fsp3) is 0.286. The van der Waals surface area contributed by atoms with Gasteiger partial charge in [0.2, 0.25) is 5.88 Å². The van der Waals surface area contributed by atoms with Crippen molar-refractivity contribution in [2.24, 2.45) is 0 Å². The average Bonchev–Trinajstić information content (AvgIpc) is 2.69. The van der Waals surface area contributed by atoms with Gasteiger partial charge in [-0.3, -0.25) is 0 Å². The van der Waals surface area contributed by atoms with E-state index in [1.165, 1.54) is 0 Å². The fourth-order valence-electron chi connectivity index (χ4n) is 2.43. The minimum atomic E-state index is 0.419. The van der Waals surface area contributed by atoms with Gasteiger partial charge in [-0.1, -0.05) is 12.0 Å². The van der Waals surface area contributed by atoms with Crippen LogP contribution in [-0.2, 0) is 4.74 Å². The van der Waals surface area contributed by atoms with Crippen molar-refractivity contribution in [1.29, 1.82) is 0 Å². The van der Waals surface area contributed by atoms with Gasteiger partial charge >= 0.3 is 0 Å². The molecule has 1 aromatic carbocycles. The number of pyridine rings is 1. The molecule has 3 rings (SSSR count). The van der Waals surface area contributed by atoms with Crippen molar-refractivity contribution < 1.29 is 9.47 Å². The maximum atomic E-state index is 5.81. The van der Waals surface area contributed by atoms with Crippen LogP contribution in [0, 0.1) is 11.8 Å². The molecule has 0 aliphatic heterocycles. The maximum absolute atomic E-state index is 5.81. The minimum absolute atomic E-state index is 0.419. The summed E-state index contributed by atoms with van der Waals surface area (Å²) < 4.78 is 10.9. The highest BCUT2D eigenvalue weighted by molar-refractivity contribution is 5.71. The third-order valence-electron chi connectivity index (χ3n) is 3.83. The molecule has 6 heteroatoms. The molecule has 0 aliphatic carbocycles. The molecule has 0 bridgehead atoms. The Bertz CT molecular complexity index is 977. The largest absolute Gasteiger partial charge is 0.476 e. The number of fused-ring (bicyclic) bond motifs is 1. The number of benzene rings is 1. The molecule has 0 radical (unpaired) electrons. The lowest BCUT2D eigenvalue weighted by Gasteiger charge is -2.11. The Morgan fingerprint density at radius 1 is 1.04 bits per heavy atom. The second kappa shape index (κ2) is 8.97. The van der Waals surface area contributed by atoms with Gasteiger partial charge < -0.3 is 14.4 Å². The Kier molecular flexibility index (Phi) is 6.18. The molecule has 138 valence electrons. The van der Waals surface area contributed by atoms with E-state index in [-0.39, 0.29) is 0 Å². The number of methoxy groups -OCH3 is 1. The van der Waals surface area contributed by atoms with E-state index in [0.717, 1.165) is 17.7 Å². The molecule has 0 unspecified atom stereocenters. The summed E-state index contributed by atoms with van der Waals surface area (Å²) in [4.78, 5) is 15.4. The van der Waals surface area contributed by atoms with Gasteiger partial charge in [0.1, 0.15) is 5.52 Å². The lowest BCUT2D eigenvalue weighted by molar-refractivity contribution is 0.170. The number of aromatic nitrogens is 3. The van der Waals surface area contributed by atoms with E-state index in [0.29, 0.717) is 36.0 Å². The molecule has 0 aliphatic rings. The van der Waals surface area contributed by atoms with Gasteiger partial charge in [0.15, 0.2) is 11.3 Å². The van der Waals surface area contributed by atoms with Crippen molar-refractivity contribution in [1.82, 2.24) is 15.0 Å². The van der Waals surface area contributed by atoms with Crippen LogP contribution in [0.1, 0.15) is 17.7 Å². The van der Waals surface area contributed by atoms with Crippen molar-refractivity contribution in [3.05, 3.63) is 53.9 Å². The number of nitrogens with zero attached hydrogens (tertiary/aromatic N) is 4. The fourth-order valence-corrected chi connectivity index (χ4v) is 2.43. The summed E-state index contributed by atoms with van der Waals surface area (Å²) in [7, 11) is 5.66. The summed E-state index contributed by atoms with van der Waals surface area (Å²) in [5, 5.41) is 0. The van der Waals surface area contributed by atoms with Crippen LogP contribution in [0.5, 0.6) is 5.88 Å². The molecule has 0 saturated carbocycles. The lowest BCUT2D eigenvalue weighted by Crippen LogP contribution is -2.08. The summed E-state index contributed by atoms with van der Waals surface area (Å²) in [5.74, 6) is 6.66. The van der Waals surface area contributed by atoms with Crippen molar-refractivity contribution in [3.63, 3.8) is 0 Å². The molecule has 3 aromatic rings. The van der Waals surface area contributed by atoms with E-state index in [9.17, 15) is 0 Å². The van der Waals surface area contributed by atoms with Gasteiger partial charge in [-0.25, -0.2) is 15.0 Å². The predicted octanol–water partition coefficient (Wildman–Crippen LogP) is 2.91. The summed E-state index contributed by atoms with van der Waals surface area (Å²) in [6.07, 6.45) is 2.45. The van der Waals surface area contributed by atoms with Crippen LogP contribution in [-0.4, -0.2) is 49.4 Å². The highest BCUT2D eigenvalue weighted by Gasteiger charge is 2.09. The van der Waals surface area contributed by atoms with Crippen LogP contribution in [0.2, 0.25) is 0 Å². The Morgan fingerprint density at radius 2 is 1.93 bits per heavy atom. The van der Waals surface area contributed by atoms with Gasteiger partial charge in [0, 0.05) is 51.7 Å². The van der Waals surface area contributed by atoms with Gasteiger partial charge in [0.05, 0.1) is 6.61 Å². The zero-order valence-electron chi connectivity index (χ0n) is 15.8.